The summed E-state index contributed by atoms with van der Waals surface area (Å²) in [6.07, 6.45) is -3.62. The molecule has 1 aromatic rings. The first kappa shape index (κ1) is 13.7. The van der Waals surface area contributed by atoms with Crippen LogP contribution in [0.15, 0.2) is 24.3 Å². The van der Waals surface area contributed by atoms with Gasteiger partial charge in [-0.2, -0.15) is 13.2 Å². The third kappa shape index (κ3) is 3.62. The summed E-state index contributed by atoms with van der Waals surface area (Å²) < 4.78 is 37.5. The normalized spacial score (nSPS) is 19.1. The summed E-state index contributed by atoms with van der Waals surface area (Å²) in [6, 6.07) is 7.44. The van der Waals surface area contributed by atoms with Crippen LogP contribution in [0.4, 0.5) is 13.2 Å². The lowest BCUT2D eigenvalue weighted by molar-refractivity contribution is -0.185. The molecule has 1 nitrogen and oxygen atoms in total. The number of hydrogen-bond acceptors (Lipinski definition) is 1. The van der Waals surface area contributed by atoms with E-state index in [2.05, 4.69) is 4.90 Å². The Morgan fingerprint density at radius 1 is 1.11 bits per heavy atom. The van der Waals surface area contributed by atoms with E-state index in [4.69, 9.17) is 11.6 Å². The zero-order valence-corrected chi connectivity index (χ0v) is 10.6. The Kier molecular flexibility index (Phi) is 4.17. The molecule has 0 atom stereocenters. The lowest BCUT2D eigenvalue weighted by Gasteiger charge is -2.32. The fourth-order valence-electron chi connectivity index (χ4n) is 2.27. The summed E-state index contributed by atoms with van der Waals surface area (Å²) >= 11 is 5.79. The van der Waals surface area contributed by atoms with E-state index in [1.54, 1.807) is 12.1 Å². The van der Waals surface area contributed by atoms with Gasteiger partial charge in [-0.1, -0.05) is 23.7 Å². The highest BCUT2D eigenvalue weighted by Gasteiger charge is 2.40. The van der Waals surface area contributed by atoms with Gasteiger partial charge in [-0.25, -0.2) is 0 Å². The van der Waals surface area contributed by atoms with Gasteiger partial charge in [-0.15, -0.1) is 0 Å². The Bertz CT molecular complexity index is 380. The zero-order valence-electron chi connectivity index (χ0n) is 9.88. The molecule has 1 aliphatic heterocycles. The van der Waals surface area contributed by atoms with Crippen LogP contribution in [0.5, 0.6) is 0 Å². The Balaban J connectivity index is 1.85. The summed E-state index contributed by atoms with van der Waals surface area (Å²) in [5.74, 6) is -1.13. The second-order valence-corrected chi connectivity index (χ2v) is 5.15. The average Bonchev–Trinajstić information content (AvgIpc) is 2.32. The van der Waals surface area contributed by atoms with Gasteiger partial charge in [0, 0.05) is 11.6 Å². The zero-order chi connectivity index (χ0) is 13.2. The molecule has 5 heteroatoms. The van der Waals surface area contributed by atoms with E-state index >= 15 is 0 Å². The molecule has 0 aliphatic carbocycles. The molecule has 0 bridgehead atoms. The van der Waals surface area contributed by atoms with Crippen molar-refractivity contribution >= 4 is 11.6 Å². The lowest BCUT2D eigenvalue weighted by Crippen LogP contribution is -2.38. The van der Waals surface area contributed by atoms with Crippen LogP contribution < -0.4 is 0 Å². The number of halogens is 4. The maximum absolute atomic E-state index is 12.5. The monoisotopic (exact) mass is 277 g/mol. The van der Waals surface area contributed by atoms with E-state index < -0.39 is 12.1 Å². The van der Waals surface area contributed by atoms with Crippen LogP contribution in [-0.4, -0.2) is 24.2 Å². The van der Waals surface area contributed by atoms with Gasteiger partial charge in [0.25, 0.3) is 0 Å². The third-order valence-electron chi connectivity index (χ3n) is 3.37. The Morgan fingerprint density at radius 3 is 2.17 bits per heavy atom. The minimum absolute atomic E-state index is 0.205. The van der Waals surface area contributed by atoms with Crippen LogP contribution in [0.1, 0.15) is 18.4 Å². The van der Waals surface area contributed by atoms with E-state index in [-0.39, 0.29) is 12.8 Å². The van der Waals surface area contributed by atoms with E-state index in [9.17, 15) is 13.2 Å². The summed E-state index contributed by atoms with van der Waals surface area (Å²) in [6.45, 7) is 1.71. The topological polar surface area (TPSA) is 3.24 Å². The molecule has 2 rings (SSSR count). The van der Waals surface area contributed by atoms with E-state index in [0.29, 0.717) is 24.7 Å². The molecule has 100 valence electrons. The number of benzene rings is 1. The molecule has 18 heavy (non-hydrogen) atoms. The number of hydrogen-bond donors (Lipinski definition) is 0. The Labute approximate surface area is 110 Å². The molecule has 1 saturated heterocycles. The van der Waals surface area contributed by atoms with Crippen molar-refractivity contribution in [2.24, 2.45) is 5.92 Å². The molecule has 0 radical (unpaired) electrons. The average molecular weight is 278 g/mol. The highest BCUT2D eigenvalue weighted by Crippen LogP contribution is 2.34. The number of alkyl halides is 3. The van der Waals surface area contributed by atoms with E-state index in [0.717, 1.165) is 5.56 Å². The highest BCUT2D eigenvalue weighted by molar-refractivity contribution is 6.30. The molecule has 1 heterocycles. The lowest BCUT2D eigenvalue weighted by atomic mass is 9.96. The van der Waals surface area contributed by atoms with Gasteiger partial charge >= 0.3 is 6.18 Å². The number of likely N-dealkylation sites (tertiary alicyclic amines) is 1. The van der Waals surface area contributed by atoms with Gasteiger partial charge in [0.2, 0.25) is 0 Å². The SMILES string of the molecule is FC(F)(F)C1CCN(Cc2ccc(Cl)cc2)CC1. The smallest absolute Gasteiger partial charge is 0.299 e. The van der Waals surface area contributed by atoms with Crippen molar-refractivity contribution in [2.45, 2.75) is 25.6 Å². The summed E-state index contributed by atoms with van der Waals surface area (Å²) in [7, 11) is 0. The second-order valence-electron chi connectivity index (χ2n) is 4.72. The van der Waals surface area contributed by atoms with Crippen LogP contribution in [0.2, 0.25) is 5.02 Å². The molecular formula is C13H15ClF3N. The fourth-order valence-corrected chi connectivity index (χ4v) is 2.39. The number of rotatable bonds is 2. The molecule has 1 fully saturated rings. The summed E-state index contributed by atoms with van der Waals surface area (Å²) in [4.78, 5) is 2.06. The first-order chi connectivity index (χ1) is 8.45. The van der Waals surface area contributed by atoms with E-state index in [1.807, 2.05) is 12.1 Å². The fraction of sp³-hybridized carbons (Fsp3) is 0.538. The van der Waals surface area contributed by atoms with Gasteiger partial charge in [0.15, 0.2) is 0 Å². The first-order valence-corrected chi connectivity index (χ1v) is 6.36. The predicted molar refractivity (Wildman–Crippen MR) is 65.5 cm³/mol. The molecule has 0 saturated carbocycles. The van der Waals surface area contributed by atoms with Gasteiger partial charge in [0.05, 0.1) is 5.92 Å². The quantitative estimate of drug-likeness (QED) is 0.786. The molecule has 0 spiro atoms. The number of piperidine rings is 1. The van der Waals surface area contributed by atoms with Crippen molar-refractivity contribution in [1.29, 1.82) is 0 Å². The molecule has 0 N–H and O–H groups in total. The van der Waals surface area contributed by atoms with Gasteiger partial charge in [-0.3, -0.25) is 4.90 Å². The van der Waals surface area contributed by atoms with Crippen LogP contribution in [0, 0.1) is 5.92 Å². The van der Waals surface area contributed by atoms with Crippen molar-refractivity contribution in [2.75, 3.05) is 13.1 Å². The first-order valence-electron chi connectivity index (χ1n) is 5.98. The van der Waals surface area contributed by atoms with E-state index in [1.165, 1.54) is 0 Å². The van der Waals surface area contributed by atoms with Crippen LogP contribution in [0.25, 0.3) is 0 Å². The minimum Gasteiger partial charge on any atom is -0.299 e. The van der Waals surface area contributed by atoms with Crippen LogP contribution >= 0.6 is 11.6 Å². The maximum Gasteiger partial charge on any atom is 0.391 e. The van der Waals surface area contributed by atoms with Crippen molar-refractivity contribution in [1.82, 2.24) is 4.90 Å². The van der Waals surface area contributed by atoms with Crippen molar-refractivity contribution < 1.29 is 13.2 Å². The largest absolute Gasteiger partial charge is 0.391 e. The summed E-state index contributed by atoms with van der Waals surface area (Å²) in [5.41, 5.74) is 1.09. The van der Waals surface area contributed by atoms with Gasteiger partial charge in [-0.05, 0) is 43.6 Å². The third-order valence-corrected chi connectivity index (χ3v) is 3.62. The standard InChI is InChI=1S/C13H15ClF3N/c14-12-3-1-10(2-4-12)9-18-7-5-11(6-8-18)13(15,16)17/h1-4,11H,5-9H2. The maximum atomic E-state index is 12.5. The molecular weight excluding hydrogens is 263 g/mol. The van der Waals surface area contributed by atoms with Gasteiger partial charge in [0.1, 0.15) is 0 Å². The van der Waals surface area contributed by atoms with Crippen molar-refractivity contribution in [3.05, 3.63) is 34.9 Å². The Morgan fingerprint density at radius 2 is 1.67 bits per heavy atom. The molecule has 0 unspecified atom stereocenters. The predicted octanol–water partition coefficient (Wildman–Crippen LogP) is 4.11. The molecule has 0 aromatic heterocycles. The second kappa shape index (κ2) is 5.49. The van der Waals surface area contributed by atoms with Crippen LogP contribution in [-0.2, 0) is 6.54 Å². The van der Waals surface area contributed by atoms with Crippen molar-refractivity contribution in [3.63, 3.8) is 0 Å². The van der Waals surface area contributed by atoms with Crippen molar-refractivity contribution in [3.8, 4) is 0 Å². The number of nitrogens with zero attached hydrogens (tertiary/aromatic N) is 1. The van der Waals surface area contributed by atoms with Crippen LogP contribution in [0.3, 0.4) is 0 Å². The molecule has 1 aromatic carbocycles. The molecule has 0 amide bonds. The molecule has 1 aliphatic rings. The minimum atomic E-state index is -4.04. The Hall–Kier alpha value is -0.740. The van der Waals surface area contributed by atoms with Gasteiger partial charge < -0.3 is 0 Å². The highest BCUT2D eigenvalue weighted by atomic mass is 35.5. The summed E-state index contributed by atoms with van der Waals surface area (Å²) in [5, 5.41) is 0.675.